The van der Waals surface area contributed by atoms with Crippen molar-refractivity contribution in [3.05, 3.63) is 22.2 Å². The van der Waals surface area contributed by atoms with Crippen molar-refractivity contribution in [1.82, 2.24) is 4.98 Å². The molecule has 1 aliphatic rings. The second-order valence-corrected chi connectivity index (χ2v) is 5.83. The van der Waals surface area contributed by atoms with Crippen LogP contribution in [0, 0.1) is 16.0 Å². The van der Waals surface area contributed by atoms with Crippen molar-refractivity contribution in [2.75, 3.05) is 18.1 Å². The van der Waals surface area contributed by atoms with E-state index in [-0.39, 0.29) is 24.8 Å². The number of anilines is 1. The van der Waals surface area contributed by atoms with E-state index in [0.29, 0.717) is 12.3 Å². The van der Waals surface area contributed by atoms with E-state index in [0.717, 1.165) is 4.90 Å². The fourth-order valence-corrected chi connectivity index (χ4v) is 2.16. The van der Waals surface area contributed by atoms with Crippen LogP contribution in [-0.4, -0.2) is 41.0 Å². The summed E-state index contributed by atoms with van der Waals surface area (Å²) in [4.78, 5) is 39.5. The van der Waals surface area contributed by atoms with E-state index in [9.17, 15) is 19.7 Å². The van der Waals surface area contributed by atoms with Crippen molar-refractivity contribution >= 4 is 23.5 Å². The number of nitro groups is 1. The van der Waals surface area contributed by atoms with Crippen molar-refractivity contribution in [2.24, 2.45) is 5.92 Å². The molecule has 0 N–H and O–H groups in total. The summed E-state index contributed by atoms with van der Waals surface area (Å²) in [5, 5.41) is 10.9. The second-order valence-electron chi connectivity index (χ2n) is 5.83. The zero-order chi connectivity index (χ0) is 17.9. The van der Waals surface area contributed by atoms with Crippen LogP contribution in [-0.2, 0) is 14.3 Å². The summed E-state index contributed by atoms with van der Waals surface area (Å²) in [5.41, 5.74) is 0. The number of carbonyl (C=O) groups excluding carboxylic acids is 2. The van der Waals surface area contributed by atoms with E-state index in [4.69, 9.17) is 9.47 Å². The summed E-state index contributed by atoms with van der Waals surface area (Å²) in [6, 6.07) is 1.58. The first-order chi connectivity index (χ1) is 11.3. The molecule has 1 aromatic rings. The molecule has 1 amide bonds. The van der Waals surface area contributed by atoms with Gasteiger partial charge < -0.3 is 19.6 Å². The Morgan fingerprint density at radius 3 is 2.79 bits per heavy atom. The van der Waals surface area contributed by atoms with Gasteiger partial charge in [-0.2, -0.15) is 0 Å². The van der Waals surface area contributed by atoms with E-state index < -0.39 is 28.7 Å². The Balaban J connectivity index is 2.23. The van der Waals surface area contributed by atoms with Gasteiger partial charge in [-0.25, -0.2) is 4.79 Å². The predicted octanol–water partition coefficient (Wildman–Crippen LogP) is 1.69. The summed E-state index contributed by atoms with van der Waals surface area (Å²) in [6.45, 7) is 5.47. The van der Waals surface area contributed by atoms with E-state index in [1.165, 1.54) is 19.1 Å². The number of nitrogens with zero attached hydrogens (tertiary/aromatic N) is 3. The molecule has 1 aromatic heterocycles. The molecule has 0 radical (unpaired) electrons. The minimum atomic E-state index is -0.957. The molecule has 2 rings (SSSR count). The SMILES string of the molecule is CC(C)CCOC(=O)C(C)N1C(=O)COc2ccc([N+](=O)[O-])nc21. The van der Waals surface area contributed by atoms with Gasteiger partial charge >= 0.3 is 11.8 Å². The number of hydrogen-bond acceptors (Lipinski definition) is 7. The van der Waals surface area contributed by atoms with Crippen LogP contribution < -0.4 is 9.64 Å². The maximum atomic E-state index is 12.2. The van der Waals surface area contributed by atoms with Gasteiger partial charge in [0.1, 0.15) is 6.04 Å². The summed E-state index contributed by atoms with van der Waals surface area (Å²) >= 11 is 0. The molecule has 1 aliphatic heterocycles. The molecule has 0 spiro atoms. The fourth-order valence-electron chi connectivity index (χ4n) is 2.16. The Kier molecular flexibility index (Phi) is 5.32. The van der Waals surface area contributed by atoms with E-state index >= 15 is 0 Å². The highest BCUT2D eigenvalue weighted by Gasteiger charge is 2.38. The number of carbonyl (C=O) groups is 2. The molecular weight excluding hydrogens is 318 g/mol. The van der Waals surface area contributed by atoms with Crippen molar-refractivity contribution < 1.29 is 24.0 Å². The monoisotopic (exact) mass is 337 g/mol. The van der Waals surface area contributed by atoms with Gasteiger partial charge in [-0.15, -0.1) is 0 Å². The Hall–Kier alpha value is -2.71. The lowest BCUT2D eigenvalue weighted by Gasteiger charge is -2.29. The van der Waals surface area contributed by atoms with Crippen LogP contribution in [0.25, 0.3) is 0 Å². The molecule has 1 atom stereocenters. The summed E-state index contributed by atoms with van der Waals surface area (Å²) in [5.74, 6) is -0.995. The van der Waals surface area contributed by atoms with E-state index in [1.54, 1.807) is 0 Å². The van der Waals surface area contributed by atoms with Crippen molar-refractivity contribution in [3.8, 4) is 5.75 Å². The molecule has 0 aromatic carbocycles. The van der Waals surface area contributed by atoms with Crippen LogP contribution in [0.3, 0.4) is 0 Å². The third-order valence-electron chi connectivity index (χ3n) is 3.53. The molecule has 1 unspecified atom stereocenters. The van der Waals surface area contributed by atoms with Gasteiger partial charge in [0.25, 0.3) is 11.7 Å². The highest BCUT2D eigenvalue weighted by atomic mass is 16.6. The number of aromatic nitrogens is 1. The lowest BCUT2D eigenvalue weighted by atomic mass is 10.1. The fraction of sp³-hybridized carbons (Fsp3) is 0.533. The molecule has 2 heterocycles. The highest BCUT2D eigenvalue weighted by molar-refractivity contribution is 6.01. The molecule has 0 saturated carbocycles. The first kappa shape index (κ1) is 17.6. The zero-order valence-electron chi connectivity index (χ0n) is 13.7. The highest BCUT2D eigenvalue weighted by Crippen LogP contribution is 2.33. The van der Waals surface area contributed by atoms with E-state index in [1.807, 2.05) is 13.8 Å². The van der Waals surface area contributed by atoms with Crippen molar-refractivity contribution in [3.63, 3.8) is 0 Å². The number of rotatable bonds is 6. The summed E-state index contributed by atoms with van der Waals surface area (Å²) < 4.78 is 10.4. The molecule has 0 bridgehead atoms. The van der Waals surface area contributed by atoms with Crippen LogP contribution in [0.4, 0.5) is 11.6 Å². The average Bonchev–Trinajstić information content (AvgIpc) is 2.53. The standard InChI is InChI=1S/C15H19N3O6/c1-9(2)6-7-23-15(20)10(3)17-13(19)8-24-11-4-5-12(18(21)22)16-14(11)17/h4-5,9-10H,6-8H2,1-3H3. The number of amides is 1. The molecule has 9 heteroatoms. The van der Waals surface area contributed by atoms with Gasteiger partial charge in [-0.1, -0.05) is 13.8 Å². The Labute approximate surface area is 138 Å². The van der Waals surface area contributed by atoms with Gasteiger partial charge in [0.05, 0.1) is 6.61 Å². The predicted molar refractivity (Wildman–Crippen MR) is 83.7 cm³/mol. The smallest absolute Gasteiger partial charge is 0.366 e. The molecule has 0 aliphatic carbocycles. The largest absolute Gasteiger partial charge is 0.477 e. The first-order valence-electron chi connectivity index (χ1n) is 7.58. The number of fused-ring (bicyclic) bond motifs is 1. The van der Waals surface area contributed by atoms with Gasteiger partial charge in [-0.3, -0.25) is 9.69 Å². The minimum Gasteiger partial charge on any atom is -0.477 e. The lowest BCUT2D eigenvalue weighted by Crippen LogP contribution is -2.49. The molecular formula is C15H19N3O6. The number of esters is 1. The van der Waals surface area contributed by atoms with Gasteiger partial charge in [0, 0.05) is 6.07 Å². The maximum Gasteiger partial charge on any atom is 0.366 e. The summed E-state index contributed by atoms with van der Waals surface area (Å²) in [6.07, 6.45) is 0.704. The number of hydrogen-bond donors (Lipinski definition) is 0. The van der Waals surface area contributed by atoms with Gasteiger partial charge in [0.15, 0.2) is 12.4 Å². The minimum absolute atomic E-state index is 0.0474. The Bertz CT molecular complexity index is 661. The Morgan fingerprint density at radius 1 is 1.46 bits per heavy atom. The Morgan fingerprint density at radius 2 is 2.17 bits per heavy atom. The molecule has 130 valence electrons. The quantitative estimate of drug-likeness (QED) is 0.441. The maximum absolute atomic E-state index is 12.2. The summed E-state index contributed by atoms with van der Waals surface area (Å²) in [7, 11) is 0. The van der Waals surface area contributed by atoms with Crippen molar-refractivity contribution in [2.45, 2.75) is 33.2 Å². The van der Waals surface area contributed by atoms with Crippen LogP contribution in [0.2, 0.25) is 0 Å². The zero-order valence-corrected chi connectivity index (χ0v) is 13.7. The van der Waals surface area contributed by atoms with Crippen LogP contribution in [0.1, 0.15) is 27.2 Å². The van der Waals surface area contributed by atoms with E-state index in [2.05, 4.69) is 4.98 Å². The van der Waals surface area contributed by atoms with Crippen LogP contribution in [0.15, 0.2) is 12.1 Å². The van der Waals surface area contributed by atoms with Gasteiger partial charge in [0.2, 0.25) is 0 Å². The average molecular weight is 337 g/mol. The molecule has 24 heavy (non-hydrogen) atoms. The molecule has 0 saturated heterocycles. The number of pyridine rings is 1. The third kappa shape index (κ3) is 3.79. The second kappa shape index (κ2) is 7.24. The lowest BCUT2D eigenvalue weighted by molar-refractivity contribution is -0.389. The van der Waals surface area contributed by atoms with Crippen LogP contribution >= 0.6 is 0 Å². The normalized spacial score (nSPS) is 14.8. The topological polar surface area (TPSA) is 112 Å². The number of ether oxygens (including phenoxy) is 2. The first-order valence-corrected chi connectivity index (χ1v) is 7.58. The molecule has 0 fully saturated rings. The third-order valence-corrected chi connectivity index (χ3v) is 3.53. The van der Waals surface area contributed by atoms with Crippen LogP contribution in [0.5, 0.6) is 5.75 Å². The van der Waals surface area contributed by atoms with Crippen molar-refractivity contribution in [1.29, 1.82) is 0 Å². The van der Waals surface area contributed by atoms with Gasteiger partial charge in [-0.05, 0) is 35.2 Å². The molecule has 9 nitrogen and oxygen atoms in total.